The molecule has 0 amide bonds. The van der Waals surface area contributed by atoms with Gasteiger partial charge in [-0.15, -0.1) is 0 Å². The molecular weight excluding hydrogens is 751 g/mol. The third kappa shape index (κ3) is 5.78. The minimum Gasteiger partial charge on any atom is -0.308 e. The minimum absolute atomic E-state index is 0.897. The Morgan fingerprint density at radius 3 is 0.919 bits per heavy atom. The SMILES string of the molecule is c1ccc(-c2cc(-c3cccc(-c4ccccc4)c3-n3c4ccccc4c4ccccc43)nc(-c3cccc(-c4ccccc4)c3-n3c4ccccc4c4ccccc43)c2)cc1. The summed E-state index contributed by atoms with van der Waals surface area (Å²) in [6.07, 6.45) is 0. The Balaban J connectivity index is 1.21. The van der Waals surface area contributed by atoms with Gasteiger partial charge in [0, 0.05) is 43.8 Å². The third-order valence-corrected chi connectivity index (χ3v) is 12.3. The van der Waals surface area contributed by atoms with Crippen molar-refractivity contribution in [3.05, 3.63) is 237 Å². The first-order valence-corrected chi connectivity index (χ1v) is 21.2. The lowest BCUT2D eigenvalue weighted by atomic mass is 9.93. The van der Waals surface area contributed by atoms with Gasteiger partial charge < -0.3 is 9.13 Å². The zero-order chi connectivity index (χ0) is 41.0. The maximum atomic E-state index is 5.80. The summed E-state index contributed by atoms with van der Waals surface area (Å²) in [5.41, 5.74) is 17.5. The Morgan fingerprint density at radius 2 is 0.548 bits per heavy atom. The molecular formula is C59H39N3. The van der Waals surface area contributed by atoms with Crippen LogP contribution in [-0.4, -0.2) is 14.1 Å². The topological polar surface area (TPSA) is 22.8 Å². The zero-order valence-electron chi connectivity index (χ0n) is 33.9. The maximum Gasteiger partial charge on any atom is 0.0737 e. The summed E-state index contributed by atoms with van der Waals surface area (Å²) >= 11 is 0. The highest BCUT2D eigenvalue weighted by molar-refractivity contribution is 6.12. The normalized spacial score (nSPS) is 11.5. The van der Waals surface area contributed by atoms with Gasteiger partial charge in [0.25, 0.3) is 0 Å². The summed E-state index contributed by atoms with van der Waals surface area (Å²) in [4.78, 5) is 5.80. The Labute approximate surface area is 360 Å². The van der Waals surface area contributed by atoms with Crippen molar-refractivity contribution < 1.29 is 0 Å². The summed E-state index contributed by atoms with van der Waals surface area (Å²) in [5, 5.41) is 4.88. The van der Waals surface area contributed by atoms with Gasteiger partial charge in [0.15, 0.2) is 0 Å². The lowest BCUT2D eigenvalue weighted by molar-refractivity contribution is 1.16. The number of rotatable bonds is 7. The fourth-order valence-electron chi connectivity index (χ4n) is 9.61. The van der Waals surface area contributed by atoms with E-state index in [2.05, 4.69) is 246 Å². The van der Waals surface area contributed by atoms with E-state index in [1.54, 1.807) is 0 Å². The third-order valence-electron chi connectivity index (χ3n) is 12.3. The smallest absolute Gasteiger partial charge is 0.0737 e. The average Bonchev–Trinajstić information content (AvgIpc) is 3.87. The second-order valence-electron chi connectivity index (χ2n) is 15.9. The Kier molecular flexibility index (Phi) is 8.50. The maximum absolute atomic E-state index is 5.80. The predicted molar refractivity (Wildman–Crippen MR) is 260 cm³/mol. The lowest BCUT2D eigenvalue weighted by Crippen LogP contribution is -2.04. The number of nitrogens with zero attached hydrogens (tertiary/aromatic N) is 3. The van der Waals surface area contributed by atoms with Crippen molar-refractivity contribution in [1.82, 2.24) is 14.1 Å². The van der Waals surface area contributed by atoms with E-state index in [0.29, 0.717) is 0 Å². The molecule has 3 nitrogen and oxygen atoms in total. The quantitative estimate of drug-likeness (QED) is 0.158. The van der Waals surface area contributed by atoms with E-state index in [4.69, 9.17) is 4.98 Å². The van der Waals surface area contributed by atoms with E-state index >= 15 is 0 Å². The molecule has 0 aliphatic rings. The van der Waals surface area contributed by atoms with Crippen molar-refractivity contribution in [1.29, 1.82) is 0 Å². The average molecular weight is 790 g/mol. The van der Waals surface area contributed by atoms with Crippen LogP contribution in [-0.2, 0) is 0 Å². The molecule has 12 aromatic rings. The van der Waals surface area contributed by atoms with Gasteiger partial charge in [-0.2, -0.15) is 0 Å². The van der Waals surface area contributed by atoms with Crippen LogP contribution in [0.4, 0.5) is 0 Å². The summed E-state index contributed by atoms with van der Waals surface area (Å²) in [7, 11) is 0. The van der Waals surface area contributed by atoms with Crippen LogP contribution in [0.3, 0.4) is 0 Å². The molecule has 3 aromatic heterocycles. The highest BCUT2D eigenvalue weighted by atomic mass is 15.0. The molecule has 0 spiro atoms. The standard InChI is InChI=1S/C59H39N3/c1-4-20-40(21-5-1)43-38-52(50-32-18-30-44(41-22-6-2-7-23-41)58(50)61-54-34-14-10-26-46(54)47-27-11-15-35-55(47)61)60-53(39-43)51-33-19-31-45(42-24-8-3-9-25-42)59(51)62-56-36-16-12-28-48(56)49-29-13-17-37-57(49)62/h1-39H. The predicted octanol–water partition coefficient (Wildman–Crippen LogP) is 15.6. The lowest BCUT2D eigenvalue weighted by Gasteiger charge is -2.21. The Hall–Kier alpha value is -8.27. The van der Waals surface area contributed by atoms with Crippen LogP contribution in [0.1, 0.15) is 0 Å². The fraction of sp³-hybridized carbons (Fsp3) is 0. The molecule has 3 heterocycles. The molecule has 0 aliphatic heterocycles. The fourth-order valence-corrected chi connectivity index (χ4v) is 9.61. The molecule has 0 aliphatic carbocycles. The van der Waals surface area contributed by atoms with Crippen LogP contribution in [0.5, 0.6) is 0 Å². The van der Waals surface area contributed by atoms with Crippen LogP contribution in [0.25, 0.3) is 111 Å². The zero-order valence-corrected chi connectivity index (χ0v) is 33.9. The minimum atomic E-state index is 0.897. The Bertz CT molecular complexity index is 3290. The highest BCUT2D eigenvalue weighted by Crippen LogP contribution is 2.45. The molecule has 0 atom stereocenters. The number of para-hydroxylation sites is 6. The first kappa shape index (κ1) is 35.7. The van der Waals surface area contributed by atoms with Crippen molar-refractivity contribution in [2.24, 2.45) is 0 Å². The van der Waals surface area contributed by atoms with E-state index in [-0.39, 0.29) is 0 Å². The largest absolute Gasteiger partial charge is 0.308 e. The summed E-state index contributed by atoms with van der Waals surface area (Å²) in [5.74, 6) is 0. The van der Waals surface area contributed by atoms with Crippen molar-refractivity contribution in [2.45, 2.75) is 0 Å². The molecule has 0 fully saturated rings. The molecule has 12 rings (SSSR count). The van der Waals surface area contributed by atoms with E-state index in [9.17, 15) is 0 Å². The first-order chi connectivity index (χ1) is 30.8. The van der Waals surface area contributed by atoms with Crippen LogP contribution in [0.15, 0.2) is 237 Å². The molecule has 3 heteroatoms. The van der Waals surface area contributed by atoms with Gasteiger partial charge in [-0.25, -0.2) is 4.98 Å². The van der Waals surface area contributed by atoms with Crippen LogP contribution in [0, 0.1) is 0 Å². The molecule has 62 heavy (non-hydrogen) atoms. The molecule has 0 unspecified atom stereocenters. The summed E-state index contributed by atoms with van der Waals surface area (Å²) < 4.78 is 4.91. The van der Waals surface area contributed by atoms with E-state index < -0.39 is 0 Å². The van der Waals surface area contributed by atoms with Gasteiger partial charge in [-0.3, -0.25) is 0 Å². The van der Waals surface area contributed by atoms with E-state index in [1.165, 1.54) is 21.5 Å². The highest BCUT2D eigenvalue weighted by Gasteiger charge is 2.24. The summed E-state index contributed by atoms with van der Waals surface area (Å²) in [6.45, 7) is 0. The number of benzene rings is 9. The number of hydrogen-bond donors (Lipinski definition) is 0. The number of fused-ring (bicyclic) bond motifs is 6. The molecule has 290 valence electrons. The van der Waals surface area contributed by atoms with Crippen LogP contribution < -0.4 is 0 Å². The van der Waals surface area contributed by atoms with Crippen molar-refractivity contribution in [2.75, 3.05) is 0 Å². The second kappa shape index (κ2) is 14.8. The van der Waals surface area contributed by atoms with Crippen molar-refractivity contribution in [3.63, 3.8) is 0 Å². The van der Waals surface area contributed by atoms with Gasteiger partial charge in [0.2, 0.25) is 0 Å². The molecule has 0 saturated carbocycles. The first-order valence-electron chi connectivity index (χ1n) is 21.2. The molecule has 9 aromatic carbocycles. The van der Waals surface area contributed by atoms with Crippen molar-refractivity contribution in [3.8, 4) is 67.3 Å². The molecule has 0 saturated heterocycles. The molecule has 0 bridgehead atoms. The van der Waals surface area contributed by atoms with E-state index in [1.807, 2.05) is 0 Å². The number of aromatic nitrogens is 3. The molecule has 0 radical (unpaired) electrons. The van der Waals surface area contributed by atoms with Gasteiger partial charge >= 0.3 is 0 Å². The van der Waals surface area contributed by atoms with Gasteiger partial charge in [0.05, 0.1) is 44.8 Å². The van der Waals surface area contributed by atoms with Crippen LogP contribution >= 0.6 is 0 Å². The van der Waals surface area contributed by atoms with Gasteiger partial charge in [0.1, 0.15) is 0 Å². The van der Waals surface area contributed by atoms with Crippen LogP contribution in [0.2, 0.25) is 0 Å². The van der Waals surface area contributed by atoms with Gasteiger partial charge in [-0.1, -0.05) is 200 Å². The molecule has 0 N–H and O–H groups in total. The monoisotopic (exact) mass is 789 g/mol. The van der Waals surface area contributed by atoms with Crippen molar-refractivity contribution >= 4 is 43.6 Å². The van der Waals surface area contributed by atoms with Gasteiger partial charge in [-0.05, 0) is 58.7 Å². The number of pyridine rings is 1. The number of hydrogen-bond acceptors (Lipinski definition) is 1. The second-order valence-corrected chi connectivity index (χ2v) is 15.9. The Morgan fingerprint density at radius 1 is 0.242 bits per heavy atom. The van der Waals surface area contributed by atoms with E-state index in [0.717, 1.165) is 89.3 Å². The summed E-state index contributed by atoms with van der Waals surface area (Å²) in [6, 6.07) is 85.2.